The standard InChI is InChI=1S/C16H22N2O3S/c1-12-6-7-15(21-12)13(2)17-16(19)18(8-9-20-3)11-14-5-4-10-22-14/h4-7,10,13H,8-9,11H2,1-3H3,(H,17,19). The van der Waals surface area contributed by atoms with Crippen LogP contribution in [-0.2, 0) is 11.3 Å². The number of nitrogens with zero attached hydrogens (tertiary/aromatic N) is 1. The maximum atomic E-state index is 12.5. The Bertz CT molecular complexity index is 580. The van der Waals surface area contributed by atoms with Crippen LogP contribution in [0.5, 0.6) is 0 Å². The first-order valence-electron chi connectivity index (χ1n) is 7.23. The highest BCUT2D eigenvalue weighted by Gasteiger charge is 2.18. The van der Waals surface area contributed by atoms with Crippen molar-refractivity contribution in [2.75, 3.05) is 20.3 Å². The van der Waals surface area contributed by atoms with Gasteiger partial charge in [0.1, 0.15) is 11.5 Å². The second-order valence-corrected chi connectivity index (χ2v) is 6.15. The smallest absolute Gasteiger partial charge is 0.318 e. The molecule has 2 aromatic heterocycles. The molecule has 2 rings (SSSR count). The van der Waals surface area contributed by atoms with E-state index in [1.54, 1.807) is 23.3 Å². The molecule has 5 nitrogen and oxygen atoms in total. The van der Waals surface area contributed by atoms with Crippen LogP contribution < -0.4 is 5.32 Å². The number of hydrogen-bond donors (Lipinski definition) is 1. The summed E-state index contributed by atoms with van der Waals surface area (Å²) in [6, 6.07) is 7.50. The van der Waals surface area contributed by atoms with Crippen LogP contribution in [0.2, 0.25) is 0 Å². The molecule has 0 radical (unpaired) electrons. The average molecular weight is 322 g/mol. The van der Waals surface area contributed by atoms with Gasteiger partial charge in [0.15, 0.2) is 0 Å². The topological polar surface area (TPSA) is 54.7 Å². The van der Waals surface area contributed by atoms with Gasteiger partial charge in [0.25, 0.3) is 0 Å². The maximum Gasteiger partial charge on any atom is 0.318 e. The number of rotatable bonds is 7. The minimum Gasteiger partial charge on any atom is -0.464 e. The number of furan rings is 1. The third-order valence-electron chi connectivity index (χ3n) is 3.31. The molecule has 0 aliphatic heterocycles. The van der Waals surface area contributed by atoms with Crippen molar-refractivity contribution in [1.29, 1.82) is 0 Å². The van der Waals surface area contributed by atoms with E-state index < -0.39 is 0 Å². The summed E-state index contributed by atoms with van der Waals surface area (Å²) >= 11 is 1.64. The SMILES string of the molecule is COCCN(Cc1cccs1)C(=O)NC(C)c1ccc(C)o1. The minimum absolute atomic E-state index is 0.119. The highest BCUT2D eigenvalue weighted by Crippen LogP contribution is 2.17. The highest BCUT2D eigenvalue weighted by atomic mass is 32.1. The number of carbonyl (C=O) groups is 1. The van der Waals surface area contributed by atoms with Crippen molar-refractivity contribution in [1.82, 2.24) is 10.2 Å². The van der Waals surface area contributed by atoms with Crippen LogP contribution in [0.1, 0.15) is 29.4 Å². The number of nitrogens with one attached hydrogen (secondary N) is 1. The molecular weight excluding hydrogens is 300 g/mol. The number of methoxy groups -OCH3 is 1. The normalized spacial score (nSPS) is 12.1. The fraction of sp³-hybridized carbons (Fsp3) is 0.438. The summed E-state index contributed by atoms with van der Waals surface area (Å²) in [5, 5.41) is 4.98. The van der Waals surface area contributed by atoms with Gasteiger partial charge in [-0.1, -0.05) is 6.07 Å². The summed E-state index contributed by atoms with van der Waals surface area (Å²) < 4.78 is 10.7. The number of hydrogen-bond acceptors (Lipinski definition) is 4. The average Bonchev–Trinajstić information content (AvgIpc) is 3.14. The van der Waals surface area contributed by atoms with Crippen LogP contribution in [0.4, 0.5) is 4.79 Å². The van der Waals surface area contributed by atoms with E-state index in [-0.39, 0.29) is 12.1 Å². The van der Waals surface area contributed by atoms with E-state index in [0.29, 0.717) is 19.7 Å². The van der Waals surface area contributed by atoms with Crippen LogP contribution in [0, 0.1) is 6.92 Å². The monoisotopic (exact) mass is 322 g/mol. The largest absolute Gasteiger partial charge is 0.464 e. The molecule has 1 unspecified atom stereocenters. The van der Waals surface area contributed by atoms with Crippen LogP contribution in [0.3, 0.4) is 0 Å². The Morgan fingerprint density at radius 3 is 2.86 bits per heavy atom. The molecule has 0 spiro atoms. The van der Waals surface area contributed by atoms with Crippen molar-refractivity contribution in [3.63, 3.8) is 0 Å². The molecule has 1 atom stereocenters. The van der Waals surface area contributed by atoms with Crippen molar-refractivity contribution >= 4 is 17.4 Å². The van der Waals surface area contributed by atoms with Gasteiger partial charge in [-0.3, -0.25) is 0 Å². The van der Waals surface area contributed by atoms with Crippen LogP contribution in [0.25, 0.3) is 0 Å². The summed E-state index contributed by atoms with van der Waals surface area (Å²) in [5.41, 5.74) is 0. The lowest BCUT2D eigenvalue weighted by Crippen LogP contribution is -2.42. The lowest BCUT2D eigenvalue weighted by atomic mass is 10.2. The van der Waals surface area contributed by atoms with Gasteiger partial charge in [-0.15, -0.1) is 11.3 Å². The number of urea groups is 1. The van der Waals surface area contributed by atoms with Gasteiger partial charge >= 0.3 is 6.03 Å². The quantitative estimate of drug-likeness (QED) is 0.848. The summed E-state index contributed by atoms with van der Waals surface area (Å²) in [4.78, 5) is 15.4. The van der Waals surface area contributed by atoms with Crippen molar-refractivity contribution in [3.8, 4) is 0 Å². The molecule has 0 aliphatic rings. The Morgan fingerprint density at radius 1 is 1.45 bits per heavy atom. The third-order valence-corrected chi connectivity index (χ3v) is 4.17. The summed E-state index contributed by atoms with van der Waals surface area (Å²) in [6.45, 7) is 5.43. The molecule has 2 aromatic rings. The lowest BCUT2D eigenvalue weighted by molar-refractivity contribution is 0.145. The van der Waals surface area contributed by atoms with Crippen LogP contribution in [0.15, 0.2) is 34.1 Å². The lowest BCUT2D eigenvalue weighted by Gasteiger charge is -2.24. The molecule has 0 saturated carbocycles. The first-order valence-corrected chi connectivity index (χ1v) is 8.11. The summed E-state index contributed by atoms with van der Waals surface area (Å²) in [6.07, 6.45) is 0. The van der Waals surface area contributed by atoms with Crippen molar-refractivity contribution < 1.29 is 13.9 Å². The van der Waals surface area contributed by atoms with Gasteiger partial charge in [0.05, 0.1) is 19.2 Å². The van der Waals surface area contributed by atoms with Gasteiger partial charge in [-0.05, 0) is 37.4 Å². The number of ether oxygens (including phenoxy) is 1. The van der Waals surface area contributed by atoms with E-state index >= 15 is 0 Å². The predicted molar refractivity (Wildman–Crippen MR) is 87.0 cm³/mol. The Balaban J connectivity index is 1.98. The molecule has 120 valence electrons. The molecule has 2 amide bonds. The van der Waals surface area contributed by atoms with Gasteiger partial charge in [0, 0.05) is 18.5 Å². The first kappa shape index (κ1) is 16.6. The van der Waals surface area contributed by atoms with Crippen molar-refractivity contribution in [2.45, 2.75) is 26.4 Å². The fourth-order valence-electron chi connectivity index (χ4n) is 2.08. The van der Waals surface area contributed by atoms with E-state index in [0.717, 1.165) is 16.4 Å². The zero-order chi connectivity index (χ0) is 15.9. The summed E-state index contributed by atoms with van der Waals surface area (Å²) in [7, 11) is 1.63. The molecule has 0 bridgehead atoms. The molecule has 0 fully saturated rings. The number of aryl methyl sites for hydroxylation is 1. The van der Waals surface area contributed by atoms with E-state index in [1.165, 1.54) is 0 Å². The second-order valence-electron chi connectivity index (χ2n) is 5.11. The number of carbonyl (C=O) groups excluding carboxylic acids is 1. The van der Waals surface area contributed by atoms with Crippen molar-refractivity contribution in [3.05, 3.63) is 46.0 Å². The second kappa shape index (κ2) is 8.00. The summed E-state index contributed by atoms with van der Waals surface area (Å²) in [5.74, 6) is 1.60. The Morgan fingerprint density at radius 2 is 2.27 bits per heavy atom. The molecule has 0 saturated heterocycles. The van der Waals surface area contributed by atoms with Crippen LogP contribution in [-0.4, -0.2) is 31.2 Å². The number of amides is 2. The molecular formula is C16H22N2O3S. The van der Waals surface area contributed by atoms with Gasteiger partial charge in [-0.25, -0.2) is 4.79 Å². The molecule has 0 aliphatic carbocycles. The Labute approximate surface area is 134 Å². The highest BCUT2D eigenvalue weighted by molar-refractivity contribution is 7.09. The minimum atomic E-state index is -0.172. The third kappa shape index (κ3) is 4.61. The first-order chi connectivity index (χ1) is 10.6. The van der Waals surface area contributed by atoms with Crippen molar-refractivity contribution in [2.24, 2.45) is 0 Å². The van der Waals surface area contributed by atoms with E-state index in [1.807, 2.05) is 43.5 Å². The molecule has 0 aromatic carbocycles. The van der Waals surface area contributed by atoms with Gasteiger partial charge < -0.3 is 19.4 Å². The predicted octanol–water partition coefficient (Wildman–Crippen LogP) is 3.57. The molecule has 6 heteroatoms. The zero-order valence-electron chi connectivity index (χ0n) is 13.2. The maximum absolute atomic E-state index is 12.5. The Kier molecular flexibility index (Phi) is 6.03. The van der Waals surface area contributed by atoms with E-state index in [4.69, 9.17) is 9.15 Å². The fourth-order valence-corrected chi connectivity index (χ4v) is 2.80. The Hall–Kier alpha value is -1.79. The van der Waals surface area contributed by atoms with E-state index in [9.17, 15) is 4.79 Å². The van der Waals surface area contributed by atoms with Gasteiger partial charge in [-0.2, -0.15) is 0 Å². The van der Waals surface area contributed by atoms with Gasteiger partial charge in [0.2, 0.25) is 0 Å². The molecule has 2 heterocycles. The molecule has 1 N–H and O–H groups in total. The molecule has 22 heavy (non-hydrogen) atoms. The van der Waals surface area contributed by atoms with E-state index in [2.05, 4.69) is 5.32 Å². The number of thiophene rings is 1. The van der Waals surface area contributed by atoms with Crippen LogP contribution >= 0.6 is 11.3 Å². The zero-order valence-corrected chi connectivity index (χ0v) is 14.0.